The minimum Gasteiger partial charge on any atom is -0.284 e. The Morgan fingerprint density at radius 1 is 1.12 bits per heavy atom. The van der Waals surface area contributed by atoms with E-state index in [-0.39, 0.29) is 11.0 Å². The summed E-state index contributed by atoms with van der Waals surface area (Å²) in [6.45, 7) is 0. The van der Waals surface area contributed by atoms with Gasteiger partial charge in [-0.1, -0.05) is 35.9 Å². The minimum absolute atomic E-state index is 0.0264. The third-order valence-corrected chi connectivity index (χ3v) is 3.89. The Hall–Kier alpha value is -0.910. The topological polar surface area (TPSA) is 55.4 Å². The number of hydrogen-bond donors (Lipinski definition) is 1. The SMILES string of the molecule is O=S(=O)(NOC1CCCC1)c1ccccc1. The van der Waals surface area contributed by atoms with Crippen LogP contribution in [0.4, 0.5) is 0 Å². The molecule has 0 heterocycles. The van der Waals surface area contributed by atoms with Crippen molar-refractivity contribution < 1.29 is 13.3 Å². The van der Waals surface area contributed by atoms with Crippen LogP contribution < -0.4 is 4.89 Å². The number of rotatable bonds is 4. The second kappa shape index (κ2) is 4.95. The van der Waals surface area contributed by atoms with E-state index in [1.807, 2.05) is 0 Å². The van der Waals surface area contributed by atoms with Gasteiger partial charge in [-0.2, -0.15) is 0 Å². The number of hydrogen-bond acceptors (Lipinski definition) is 3. The first-order valence-corrected chi connectivity index (χ1v) is 6.89. The van der Waals surface area contributed by atoms with Crippen LogP contribution in [-0.4, -0.2) is 14.5 Å². The zero-order valence-corrected chi connectivity index (χ0v) is 9.74. The number of sulfonamides is 1. The Balaban J connectivity index is 1.98. The van der Waals surface area contributed by atoms with Crippen molar-refractivity contribution in [2.45, 2.75) is 36.7 Å². The van der Waals surface area contributed by atoms with Crippen LogP contribution in [0.5, 0.6) is 0 Å². The van der Waals surface area contributed by atoms with Gasteiger partial charge in [-0.05, 0) is 25.0 Å². The molecule has 1 aromatic rings. The average Bonchev–Trinajstić information content (AvgIpc) is 2.81. The Morgan fingerprint density at radius 2 is 1.75 bits per heavy atom. The summed E-state index contributed by atoms with van der Waals surface area (Å²) in [5.74, 6) is 0. The highest BCUT2D eigenvalue weighted by molar-refractivity contribution is 7.89. The predicted molar refractivity (Wildman–Crippen MR) is 60.1 cm³/mol. The van der Waals surface area contributed by atoms with E-state index < -0.39 is 10.0 Å². The smallest absolute Gasteiger partial charge is 0.262 e. The largest absolute Gasteiger partial charge is 0.284 e. The second-order valence-electron chi connectivity index (χ2n) is 3.92. The molecule has 0 atom stereocenters. The molecule has 0 aliphatic heterocycles. The Bertz CT molecular complexity index is 424. The third-order valence-electron chi connectivity index (χ3n) is 2.68. The van der Waals surface area contributed by atoms with Gasteiger partial charge >= 0.3 is 0 Å². The minimum atomic E-state index is -3.52. The third kappa shape index (κ3) is 2.81. The molecule has 1 aliphatic carbocycles. The van der Waals surface area contributed by atoms with Gasteiger partial charge in [0.2, 0.25) is 0 Å². The van der Waals surface area contributed by atoms with Gasteiger partial charge in [-0.15, -0.1) is 0 Å². The van der Waals surface area contributed by atoms with Crippen LogP contribution in [0.15, 0.2) is 35.2 Å². The summed E-state index contributed by atoms with van der Waals surface area (Å²) in [5, 5.41) is 0. The van der Waals surface area contributed by atoms with Gasteiger partial charge in [0.05, 0.1) is 11.0 Å². The maximum Gasteiger partial charge on any atom is 0.262 e. The molecule has 16 heavy (non-hydrogen) atoms. The summed E-state index contributed by atoms with van der Waals surface area (Å²) >= 11 is 0. The highest BCUT2D eigenvalue weighted by atomic mass is 32.2. The second-order valence-corrected chi connectivity index (χ2v) is 5.57. The Labute approximate surface area is 95.6 Å². The molecule has 2 rings (SSSR count). The molecule has 0 amide bonds. The lowest BCUT2D eigenvalue weighted by atomic mass is 10.3. The summed E-state index contributed by atoms with van der Waals surface area (Å²) in [7, 11) is -3.52. The van der Waals surface area contributed by atoms with Crippen LogP contribution in [-0.2, 0) is 14.9 Å². The molecule has 1 N–H and O–H groups in total. The molecule has 0 unspecified atom stereocenters. The molecule has 88 valence electrons. The summed E-state index contributed by atoms with van der Waals surface area (Å²) < 4.78 is 23.5. The lowest BCUT2D eigenvalue weighted by Gasteiger charge is -2.11. The summed E-state index contributed by atoms with van der Waals surface area (Å²) in [6.07, 6.45) is 4.10. The van der Waals surface area contributed by atoms with Crippen LogP contribution in [0.1, 0.15) is 25.7 Å². The van der Waals surface area contributed by atoms with Gasteiger partial charge in [0, 0.05) is 0 Å². The van der Waals surface area contributed by atoms with Crippen LogP contribution >= 0.6 is 0 Å². The van der Waals surface area contributed by atoms with Crippen molar-refractivity contribution in [1.82, 2.24) is 4.89 Å². The molecule has 0 saturated heterocycles. The molecular formula is C11H15NO3S. The Kier molecular flexibility index (Phi) is 3.58. The maximum absolute atomic E-state index is 11.8. The first kappa shape index (κ1) is 11.6. The van der Waals surface area contributed by atoms with Gasteiger partial charge in [-0.25, -0.2) is 8.42 Å². The number of nitrogens with one attached hydrogen (secondary N) is 1. The molecule has 1 fully saturated rings. The summed E-state index contributed by atoms with van der Waals surface area (Å²) in [5.41, 5.74) is 0. The quantitative estimate of drug-likeness (QED) is 0.818. The fourth-order valence-electron chi connectivity index (χ4n) is 1.79. The normalized spacial score (nSPS) is 17.8. The van der Waals surface area contributed by atoms with E-state index in [4.69, 9.17) is 4.84 Å². The van der Waals surface area contributed by atoms with Crippen LogP contribution in [0.2, 0.25) is 0 Å². The highest BCUT2D eigenvalue weighted by Crippen LogP contribution is 2.20. The molecule has 0 aromatic heterocycles. The summed E-state index contributed by atoms with van der Waals surface area (Å²) in [6, 6.07) is 8.23. The first-order valence-electron chi connectivity index (χ1n) is 5.41. The van der Waals surface area contributed by atoms with E-state index in [0.29, 0.717) is 0 Å². The van der Waals surface area contributed by atoms with E-state index >= 15 is 0 Å². The van der Waals surface area contributed by atoms with Gasteiger partial charge in [0.1, 0.15) is 0 Å². The van der Waals surface area contributed by atoms with Gasteiger partial charge in [0.15, 0.2) is 0 Å². The van der Waals surface area contributed by atoms with Crippen molar-refractivity contribution >= 4 is 10.0 Å². The summed E-state index contributed by atoms with van der Waals surface area (Å²) in [4.78, 5) is 7.60. The molecule has 5 heteroatoms. The zero-order chi connectivity index (χ0) is 11.4. The van der Waals surface area contributed by atoms with E-state index in [1.165, 1.54) is 0 Å². The molecule has 1 aliphatic rings. The van der Waals surface area contributed by atoms with Gasteiger partial charge in [0.25, 0.3) is 10.0 Å². The highest BCUT2D eigenvalue weighted by Gasteiger charge is 2.20. The van der Waals surface area contributed by atoms with E-state index in [9.17, 15) is 8.42 Å². The van der Waals surface area contributed by atoms with Gasteiger partial charge in [-0.3, -0.25) is 4.84 Å². The van der Waals surface area contributed by atoms with Crippen molar-refractivity contribution in [3.05, 3.63) is 30.3 Å². The van der Waals surface area contributed by atoms with Crippen LogP contribution in [0.3, 0.4) is 0 Å². The molecule has 0 spiro atoms. The van der Waals surface area contributed by atoms with E-state index in [0.717, 1.165) is 25.7 Å². The molecule has 0 radical (unpaired) electrons. The van der Waals surface area contributed by atoms with E-state index in [1.54, 1.807) is 30.3 Å². The monoisotopic (exact) mass is 241 g/mol. The van der Waals surface area contributed by atoms with Crippen molar-refractivity contribution in [2.75, 3.05) is 0 Å². The Morgan fingerprint density at radius 3 is 2.38 bits per heavy atom. The molecule has 1 saturated carbocycles. The van der Waals surface area contributed by atoms with Crippen molar-refractivity contribution in [2.24, 2.45) is 0 Å². The van der Waals surface area contributed by atoms with Crippen molar-refractivity contribution in [3.63, 3.8) is 0 Å². The fraction of sp³-hybridized carbons (Fsp3) is 0.455. The molecule has 0 bridgehead atoms. The molecular weight excluding hydrogens is 226 g/mol. The molecule has 4 nitrogen and oxygen atoms in total. The van der Waals surface area contributed by atoms with Crippen molar-refractivity contribution in [1.29, 1.82) is 0 Å². The predicted octanol–water partition coefficient (Wildman–Crippen LogP) is 1.84. The lowest BCUT2D eigenvalue weighted by Crippen LogP contribution is -2.28. The maximum atomic E-state index is 11.8. The van der Waals surface area contributed by atoms with Crippen molar-refractivity contribution in [3.8, 4) is 0 Å². The van der Waals surface area contributed by atoms with E-state index in [2.05, 4.69) is 4.89 Å². The number of benzene rings is 1. The van der Waals surface area contributed by atoms with Crippen LogP contribution in [0.25, 0.3) is 0 Å². The zero-order valence-electron chi connectivity index (χ0n) is 8.93. The van der Waals surface area contributed by atoms with Crippen LogP contribution in [0, 0.1) is 0 Å². The first-order chi connectivity index (χ1) is 7.68. The molecule has 1 aromatic carbocycles. The lowest BCUT2D eigenvalue weighted by molar-refractivity contribution is 0.0223. The fourth-order valence-corrected chi connectivity index (χ4v) is 2.66. The average molecular weight is 241 g/mol. The van der Waals surface area contributed by atoms with Gasteiger partial charge < -0.3 is 0 Å². The standard InChI is InChI=1S/C11H15NO3S/c13-16(14,11-8-2-1-3-9-11)12-15-10-6-4-5-7-10/h1-3,8-10,12H,4-7H2.